The first-order valence-corrected chi connectivity index (χ1v) is 5.76. The molecule has 0 bridgehead atoms. The third-order valence-corrected chi connectivity index (χ3v) is 3.17. The van der Waals surface area contributed by atoms with Crippen LogP contribution in [-0.2, 0) is 6.42 Å². The van der Waals surface area contributed by atoms with Crippen LogP contribution in [0.5, 0.6) is 0 Å². The molecule has 13 heavy (non-hydrogen) atoms. The Labute approximate surface area is 84.2 Å². The van der Waals surface area contributed by atoms with Gasteiger partial charge in [0.1, 0.15) is 0 Å². The van der Waals surface area contributed by atoms with Crippen LogP contribution >= 0.6 is 11.3 Å². The Morgan fingerprint density at radius 2 is 2.38 bits per heavy atom. The third kappa shape index (κ3) is 3.44. The summed E-state index contributed by atoms with van der Waals surface area (Å²) < 4.78 is 0. The van der Waals surface area contributed by atoms with E-state index in [0.717, 1.165) is 11.4 Å². The molecule has 0 radical (unpaired) electrons. The van der Waals surface area contributed by atoms with Crippen LogP contribution < -0.4 is 5.73 Å². The molecule has 0 saturated carbocycles. The van der Waals surface area contributed by atoms with E-state index in [1.807, 2.05) is 11.6 Å². The summed E-state index contributed by atoms with van der Waals surface area (Å²) >= 11 is 1.70. The molecular weight excluding hydrogens is 180 g/mol. The number of nitrogens with zero attached hydrogens (tertiary/aromatic N) is 1. The van der Waals surface area contributed by atoms with E-state index in [-0.39, 0.29) is 6.04 Å². The molecule has 2 atom stereocenters. The fraction of sp³-hybridized carbons (Fsp3) is 0.700. The summed E-state index contributed by atoms with van der Waals surface area (Å²) in [5.41, 5.74) is 6.06. The lowest BCUT2D eigenvalue weighted by Gasteiger charge is -2.17. The van der Waals surface area contributed by atoms with Crippen LogP contribution in [-0.4, -0.2) is 11.0 Å². The Morgan fingerprint density at radius 3 is 2.92 bits per heavy atom. The Bertz CT molecular complexity index is 221. The summed E-state index contributed by atoms with van der Waals surface area (Å²) in [6, 6.07) is 0.270. The van der Waals surface area contributed by atoms with Gasteiger partial charge in [-0.2, -0.15) is 0 Å². The van der Waals surface area contributed by atoms with Crippen molar-refractivity contribution in [1.29, 1.82) is 0 Å². The molecule has 2 nitrogen and oxygen atoms in total. The molecular formula is C10H18N2S. The van der Waals surface area contributed by atoms with E-state index >= 15 is 0 Å². The van der Waals surface area contributed by atoms with Crippen LogP contribution in [0.3, 0.4) is 0 Å². The molecule has 0 aliphatic heterocycles. The second kappa shape index (κ2) is 5.35. The van der Waals surface area contributed by atoms with Gasteiger partial charge in [0, 0.05) is 24.0 Å². The van der Waals surface area contributed by atoms with Crippen LogP contribution in [0.1, 0.15) is 31.7 Å². The first kappa shape index (κ1) is 10.7. The van der Waals surface area contributed by atoms with E-state index in [1.54, 1.807) is 11.3 Å². The van der Waals surface area contributed by atoms with Crippen molar-refractivity contribution in [3.63, 3.8) is 0 Å². The molecule has 3 heteroatoms. The second-order valence-electron chi connectivity index (χ2n) is 3.56. The fourth-order valence-electron chi connectivity index (χ4n) is 1.43. The van der Waals surface area contributed by atoms with Gasteiger partial charge in [0.25, 0.3) is 0 Å². The van der Waals surface area contributed by atoms with Crippen molar-refractivity contribution in [2.75, 3.05) is 0 Å². The fourth-order valence-corrected chi connectivity index (χ4v) is 2.12. The molecule has 2 unspecified atom stereocenters. The van der Waals surface area contributed by atoms with Crippen LogP contribution in [0.4, 0.5) is 0 Å². The van der Waals surface area contributed by atoms with Gasteiger partial charge in [-0.25, -0.2) is 4.98 Å². The zero-order valence-corrected chi connectivity index (χ0v) is 9.18. The van der Waals surface area contributed by atoms with Crippen molar-refractivity contribution in [2.24, 2.45) is 11.7 Å². The Kier molecular flexibility index (Phi) is 4.39. The highest BCUT2D eigenvalue weighted by Gasteiger charge is 2.13. The summed E-state index contributed by atoms with van der Waals surface area (Å²) in [6.45, 7) is 4.42. The highest BCUT2D eigenvalue weighted by Crippen LogP contribution is 2.14. The quantitative estimate of drug-likeness (QED) is 0.789. The van der Waals surface area contributed by atoms with Gasteiger partial charge in [0.15, 0.2) is 0 Å². The molecule has 1 aromatic heterocycles. The van der Waals surface area contributed by atoms with E-state index in [4.69, 9.17) is 5.73 Å². The van der Waals surface area contributed by atoms with Gasteiger partial charge in [0.2, 0.25) is 0 Å². The maximum Gasteiger partial charge on any atom is 0.0940 e. The monoisotopic (exact) mass is 198 g/mol. The van der Waals surface area contributed by atoms with Crippen molar-refractivity contribution in [3.05, 3.63) is 16.6 Å². The zero-order chi connectivity index (χ0) is 9.68. The van der Waals surface area contributed by atoms with Crippen LogP contribution in [0.25, 0.3) is 0 Å². The summed E-state index contributed by atoms with van der Waals surface area (Å²) in [7, 11) is 0. The Hall–Kier alpha value is -0.410. The highest BCUT2D eigenvalue weighted by molar-refractivity contribution is 7.09. The lowest BCUT2D eigenvalue weighted by atomic mass is 9.95. The summed E-state index contributed by atoms with van der Waals surface area (Å²) in [5, 5.41) is 3.17. The molecule has 0 saturated heterocycles. The number of nitrogens with two attached hydrogens (primary N) is 1. The molecule has 0 aromatic carbocycles. The lowest BCUT2D eigenvalue weighted by molar-refractivity contribution is 0.419. The number of hydrogen-bond acceptors (Lipinski definition) is 3. The summed E-state index contributed by atoms with van der Waals surface area (Å²) in [5.74, 6) is 0.605. The molecule has 1 heterocycles. The number of thiazole rings is 1. The van der Waals surface area contributed by atoms with Crippen molar-refractivity contribution in [1.82, 2.24) is 4.98 Å². The molecule has 2 N–H and O–H groups in total. The number of hydrogen-bond donors (Lipinski definition) is 1. The van der Waals surface area contributed by atoms with Gasteiger partial charge >= 0.3 is 0 Å². The van der Waals surface area contributed by atoms with Gasteiger partial charge in [-0.3, -0.25) is 0 Å². The summed E-state index contributed by atoms with van der Waals surface area (Å²) in [6.07, 6.45) is 5.20. The number of rotatable bonds is 5. The van der Waals surface area contributed by atoms with E-state index in [0.29, 0.717) is 5.92 Å². The van der Waals surface area contributed by atoms with Crippen molar-refractivity contribution in [2.45, 2.75) is 39.2 Å². The SMILES string of the molecule is CCCC(C)C(N)Cc1nccs1. The topological polar surface area (TPSA) is 38.9 Å². The third-order valence-electron chi connectivity index (χ3n) is 2.37. The van der Waals surface area contributed by atoms with Gasteiger partial charge in [-0.05, 0) is 12.3 Å². The molecule has 0 fully saturated rings. The standard InChI is InChI=1S/C10H18N2S/c1-3-4-8(2)9(11)7-10-12-5-6-13-10/h5-6,8-9H,3-4,7,11H2,1-2H3. The maximum absolute atomic E-state index is 6.06. The zero-order valence-electron chi connectivity index (χ0n) is 8.36. The molecule has 0 aliphatic carbocycles. The molecule has 1 aromatic rings. The van der Waals surface area contributed by atoms with E-state index < -0.39 is 0 Å². The Balaban J connectivity index is 2.36. The van der Waals surface area contributed by atoms with Gasteiger partial charge in [-0.1, -0.05) is 20.3 Å². The molecule has 0 aliphatic rings. The highest BCUT2D eigenvalue weighted by atomic mass is 32.1. The predicted molar refractivity (Wildman–Crippen MR) is 57.9 cm³/mol. The largest absolute Gasteiger partial charge is 0.327 e. The van der Waals surface area contributed by atoms with Gasteiger partial charge in [0.05, 0.1) is 5.01 Å². The average molecular weight is 198 g/mol. The average Bonchev–Trinajstić information content (AvgIpc) is 2.57. The van der Waals surface area contributed by atoms with Crippen LogP contribution in [0.15, 0.2) is 11.6 Å². The van der Waals surface area contributed by atoms with E-state index in [9.17, 15) is 0 Å². The minimum Gasteiger partial charge on any atom is -0.327 e. The number of aromatic nitrogens is 1. The normalized spacial score (nSPS) is 15.6. The molecule has 1 rings (SSSR count). The Morgan fingerprint density at radius 1 is 1.62 bits per heavy atom. The molecule has 0 spiro atoms. The minimum atomic E-state index is 0.270. The van der Waals surface area contributed by atoms with Crippen molar-refractivity contribution < 1.29 is 0 Å². The van der Waals surface area contributed by atoms with E-state index in [2.05, 4.69) is 18.8 Å². The first-order valence-electron chi connectivity index (χ1n) is 4.88. The maximum atomic E-state index is 6.06. The molecule has 74 valence electrons. The van der Waals surface area contributed by atoms with Crippen LogP contribution in [0.2, 0.25) is 0 Å². The lowest BCUT2D eigenvalue weighted by Crippen LogP contribution is -2.30. The van der Waals surface area contributed by atoms with Crippen molar-refractivity contribution in [3.8, 4) is 0 Å². The molecule has 0 amide bonds. The smallest absolute Gasteiger partial charge is 0.0940 e. The van der Waals surface area contributed by atoms with Crippen molar-refractivity contribution >= 4 is 11.3 Å². The van der Waals surface area contributed by atoms with Gasteiger partial charge in [-0.15, -0.1) is 11.3 Å². The first-order chi connectivity index (χ1) is 6.24. The predicted octanol–water partition coefficient (Wildman–Crippen LogP) is 2.45. The van der Waals surface area contributed by atoms with Gasteiger partial charge < -0.3 is 5.73 Å². The minimum absolute atomic E-state index is 0.270. The van der Waals surface area contributed by atoms with E-state index in [1.165, 1.54) is 12.8 Å². The second-order valence-corrected chi connectivity index (χ2v) is 4.54. The van der Waals surface area contributed by atoms with Crippen LogP contribution in [0, 0.1) is 5.92 Å². The summed E-state index contributed by atoms with van der Waals surface area (Å²) in [4.78, 5) is 4.24.